The summed E-state index contributed by atoms with van der Waals surface area (Å²) in [7, 11) is 0. The highest BCUT2D eigenvalue weighted by Gasteiger charge is 2.65. The Kier molecular flexibility index (Phi) is 6.54. The molecule has 0 spiro atoms. The van der Waals surface area contributed by atoms with Crippen molar-refractivity contribution in [2.75, 3.05) is 0 Å². The molecule has 3 N–H and O–H groups in total. The number of aromatic nitrogens is 1. The number of aliphatic hydroxyl groups is 3. The Morgan fingerprint density at radius 2 is 1.86 bits per heavy atom. The van der Waals surface area contributed by atoms with Crippen molar-refractivity contribution in [3.63, 3.8) is 0 Å². The Balaban J connectivity index is 1.20. The Morgan fingerprint density at radius 1 is 1.08 bits per heavy atom. The number of fused-ring (bicyclic) bond motifs is 6. The zero-order valence-corrected chi connectivity index (χ0v) is 23.6. The van der Waals surface area contributed by atoms with Crippen molar-refractivity contribution in [2.24, 2.45) is 46.3 Å². The molecule has 0 aliphatic heterocycles. The van der Waals surface area contributed by atoms with E-state index in [4.69, 9.17) is 4.98 Å². The number of hydrogen-bond donors (Lipinski definition) is 3. The van der Waals surface area contributed by atoms with E-state index in [0.717, 1.165) is 73.0 Å². The van der Waals surface area contributed by atoms with Crippen molar-refractivity contribution in [3.8, 4) is 0 Å². The first-order valence-corrected chi connectivity index (χ1v) is 15.4. The minimum absolute atomic E-state index is 0.111. The van der Waals surface area contributed by atoms with Gasteiger partial charge in [-0.25, -0.2) is 9.37 Å². The van der Waals surface area contributed by atoms with Gasteiger partial charge in [0.15, 0.2) is 0 Å². The fraction of sp³-hybridized carbons (Fsp3) is 0.774. The van der Waals surface area contributed by atoms with Crippen LogP contribution in [0.25, 0.3) is 10.2 Å². The van der Waals surface area contributed by atoms with Crippen LogP contribution < -0.4 is 0 Å². The van der Waals surface area contributed by atoms with E-state index in [0.29, 0.717) is 35.2 Å². The number of halogens is 1. The predicted molar refractivity (Wildman–Crippen MR) is 146 cm³/mol. The maximum atomic E-state index is 14.0. The third-order valence-electron chi connectivity index (χ3n) is 12.0. The van der Waals surface area contributed by atoms with Gasteiger partial charge < -0.3 is 15.3 Å². The van der Waals surface area contributed by atoms with Crippen LogP contribution in [-0.2, 0) is 6.42 Å². The quantitative estimate of drug-likeness (QED) is 0.436. The Bertz CT molecular complexity index is 1130. The minimum atomic E-state index is -0.350. The number of aryl methyl sites for hydroxylation is 2. The second-order valence-corrected chi connectivity index (χ2v) is 14.8. The van der Waals surface area contributed by atoms with Crippen molar-refractivity contribution in [2.45, 2.75) is 104 Å². The number of nitrogens with zero attached hydrogens (tertiary/aromatic N) is 1. The van der Waals surface area contributed by atoms with E-state index >= 15 is 0 Å². The van der Waals surface area contributed by atoms with E-state index in [9.17, 15) is 19.7 Å². The number of rotatable bonds is 4. The maximum absolute atomic E-state index is 14.0. The molecular formula is C31H44FNO3S. The summed E-state index contributed by atoms with van der Waals surface area (Å²) >= 11 is 1.67. The molecule has 4 aliphatic rings. The minimum Gasteiger partial charge on any atom is -0.393 e. The lowest BCUT2D eigenvalue weighted by Gasteiger charge is -2.63. The molecule has 4 fully saturated rings. The fourth-order valence-electron chi connectivity index (χ4n) is 9.89. The zero-order valence-electron chi connectivity index (χ0n) is 22.8. The number of aliphatic hydroxyl groups excluding tert-OH is 3. The topological polar surface area (TPSA) is 73.6 Å². The SMILES string of the molecule is Cc1cc2sc(CCC(C)[C@H]3CC[C@H]4[C@@H]5[C@H](O)C[C@@H]6C[C@H](O)CC[C@]6(C)[C@H]5C[C@H](O)[C@]34C)nc2cc1F. The Hall–Kier alpha value is -1.08. The Morgan fingerprint density at radius 3 is 2.65 bits per heavy atom. The van der Waals surface area contributed by atoms with E-state index in [1.165, 1.54) is 0 Å². The van der Waals surface area contributed by atoms with Gasteiger partial charge in [-0.1, -0.05) is 20.8 Å². The normalized spacial score (nSPS) is 44.3. The van der Waals surface area contributed by atoms with Gasteiger partial charge in [-0.05, 0) is 123 Å². The highest BCUT2D eigenvalue weighted by Crippen LogP contribution is 2.68. The molecule has 1 aromatic carbocycles. The van der Waals surface area contributed by atoms with E-state index in [1.54, 1.807) is 24.3 Å². The molecule has 0 saturated heterocycles. The zero-order chi connectivity index (χ0) is 26.3. The summed E-state index contributed by atoms with van der Waals surface area (Å²) < 4.78 is 15.1. The molecule has 11 atom stereocenters. The van der Waals surface area contributed by atoms with Crippen molar-refractivity contribution in [1.82, 2.24) is 4.98 Å². The average Bonchev–Trinajstić information content (AvgIpc) is 3.40. The molecule has 6 heteroatoms. The summed E-state index contributed by atoms with van der Waals surface area (Å²) in [5.74, 6) is 1.97. The van der Waals surface area contributed by atoms with Gasteiger partial charge in [0.05, 0.1) is 33.5 Å². The van der Waals surface area contributed by atoms with Crippen molar-refractivity contribution >= 4 is 21.6 Å². The molecule has 4 saturated carbocycles. The van der Waals surface area contributed by atoms with Crippen LogP contribution in [0.3, 0.4) is 0 Å². The van der Waals surface area contributed by atoms with E-state index < -0.39 is 0 Å². The lowest BCUT2D eigenvalue weighted by atomic mass is 9.43. The number of hydrogen-bond acceptors (Lipinski definition) is 5. The van der Waals surface area contributed by atoms with Crippen LogP contribution in [0, 0.1) is 59.1 Å². The molecule has 2 aromatic rings. The first-order chi connectivity index (χ1) is 17.5. The molecule has 204 valence electrons. The molecule has 1 heterocycles. The van der Waals surface area contributed by atoms with Gasteiger partial charge in [0.2, 0.25) is 0 Å². The number of thiazole rings is 1. The molecule has 37 heavy (non-hydrogen) atoms. The van der Waals surface area contributed by atoms with Gasteiger partial charge in [-0.15, -0.1) is 11.3 Å². The van der Waals surface area contributed by atoms with Gasteiger partial charge in [-0.3, -0.25) is 0 Å². The highest BCUT2D eigenvalue weighted by molar-refractivity contribution is 7.18. The maximum Gasteiger partial charge on any atom is 0.128 e. The number of benzene rings is 1. The third kappa shape index (κ3) is 4.03. The van der Waals surface area contributed by atoms with Crippen LogP contribution in [0.4, 0.5) is 4.39 Å². The average molecular weight is 530 g/mol. The van der Waals surface area contributed by atoms with Crippen molar-refractivity contribution < 1.29 is 19.7 Å². The largest absolute Gasteiger partial charge is 0.393 e. The molecule has 0 amide bonds. The molecule has 4 nitrogen and oxygen atoms in total. The first kappa shape index (κ1) is 26.2. The second-order valence-electron chi connectivity index (χ2n) is 13.7. The van der Waals surface area contributed by atoms with E-state index in [1.807, 2.05) is 6.07 Å². The van der Waals surface area contributed by atoms with Gasteiger partial charge in [0.1, 0.15) is 5.82 Å². The van der Waals surface area contributed by atoms with Crippen molar-refractivity contribution in [1.29, 1.82) is 0 Å². The molecule has 0 radical (unpaired) electrons. The summed E-state index contributed by atoms with van der Waals surface area (Å²) in [5, 5.41) is 34.7. The molecular weight excluding hydrogens is 485 g/mol. The van der Waals surface area contributed by atoms with Crippen LogP contribution in [0.1, 0.15) is 82.7 Å². The van der Waals surface area contributed by atoms with Crippen LogP contribution in [-0.4, -0.2) is 38.6 Å². The Labute approximate surface area is 224 Å². The molecule has 1 aromatic heterocycles. The van der Waals surface area contributed by atoms with Crippen LogP contribution in [0.5, 0.6) is 0 Å². The predicted octanol–water partition coefficient (Wildman–Crippen LogP) is 6.27. The lowest BCUT2D eigenvalue weighted by Crippen LogP contribution is -2.62. The van der Waals surface area contributed by atoms with Crippen LogP contribution in [0.15, 0.2) is 12.1 Å². The summed E-state index contributed by atoms with van der Waals surface area (Å²) in [6, 6.07) is 3.46. The van der Waals surface area contributed by atoms with Gasteiger partial charge in [0.25, 0.3) is 0 Å². The summed E-state index contributed by atoms with van der Waals surface area (Å²) in [5.41, 5.74) is 1.36. The molecule has 4 aliphatic carbocycles. The van der Waals surface area contributed by atoms with E-state index in [-0.39, 0.29) is 40.9 Å². The lowest BCUT2D eigenvalue weighted by molar-refractivity contribution is -0.207. The summed E-state index contributed by atoms with van der Waals surface area (Å²) in [4.78, 5) is 4.72. The molecule has 0 bridgehead atoms. The highest BCUT2D eigenvalue weighted by atomic mass is 32.1. The summed E-state index contributed by atoms with van der Waals surface area (Å²) in [6.45, 7) is 8.85. The summed E-state index contributed by atoms with van der Waals surface area (Å²) in [6.07, 6.45) is 7.41. The van der Waals surface area contributed by atoms with Crippen LogP contribution >= 0.6 is 11.3 Å². The fourth-order valence-corrected chi connectivity index (χ4v) is 11.0. The van der Waals surface area contributed by atoms with Crippen molar-refractivity contribution in [3.05, 3.63) is 28.5 Å². The standard InChI is InChI=1S/C31H44FNO3S/c1-16(5-8-28-33-24-15-23(32)17(2)11-26(24)37-28)20-6-7-21-29-22(14-27(36)31(20,21)4)30(3)10-9-19(34)12-18(30)13-25(29)35/h11,15-16,18-22,25,27,29,34-36H,5-10,12-14H2,1-4H3/t16?,18-,19+,20+,21-,22-,25+,27-,29-,30-,31+/m0/s1. The first-order valence-electron chi connectivity index (χ1n) is 14.6. The van der Waals surface area contributed by atoms with E-state index in [2.05, 4.69) is 20.8 Å². The molecule has 1 unspecified atom stereocenters. The smallest absolute Gasteiger partial charge is 0.128 e. The van der Waals surface area contributed by atoms with Crippen LogP contribution in [0.2, 0.25) is 0 Å². The molecule has 6 rings (SSSR count). The monoisotopic (exact) mass is 529 g/mol. The van der Waals surface area contributed by atoms with Gasteiger partial charge in [0, 0.05) is 6.07 Å². The second kappa shape index (κ2) is 9.25. The van der Waals surface area contributed by atoms with Gasteiger partial charge in [-0.2, -0.15) is 0 Å². The van der Waals surface area contributed by atoms with Gasteiger partial charge >= 0.3 is 0 Å². The third-order valence-corrected chi connectivity index (χ3v) is 13.1.